The highest BCUT2D eigenvalue weighted by Gasteiger charge is 2.32. The molecular weight excluding hydrogens is 385 g/mol. The highest BCUT2D eigenvalue weighted by molar-refractivity contribution is 6.42. The number of likely N-dealkylation sites (tertiary alicyclic amines) is 1. The first-order valence-electron chi connectivity index (χ1n) is 9.18. The van der Waals surface area contributed by atoms with Crippen LogP contribution in [0.15, 0.2) is 36.4 Å². The second-order valence-corrected chi connectivity index (χ2v) is 8.16. The van der Waals surface area contributed by atoms with E-state index in [0.717, 1.165) is 37.1 Å². The van der Waals surface area contributed by atoms with E-state index >= 15 is 0 Å². The van der Waals surface area contributed by atoms with Crippen molar-refractivity contribution in [1.82, 2.24) is 4.90 Å². The molecule has 2 aromatic rings. The summed E-state index contributed by atoms with van der Waals surface area (Å²) in [5.41, 5.74) is 3.46. The lowest BCUT2D eigenvalue weighted by atomic mass is 9.98. The van der Waals surface area contributed by atoms with Gasteiger partial charge in [-0.3, -0.25) is 9.69 Å². The summed E-state index contributed by atoms with van der Waals surface area (Å²) in [6, 6.07) is 12.0. The average molecular weight is 406 g/mol. The fourth-order valence-corrected chi connectivity index (χ4v) is 4.10. The Morgan fingerprint density at radius 3 is 2.70 bits per heavy atom. The van der Waals surface area contributed by atoms with E-state index in [1.807, 2.05) is 24.3 Å². The number of aliphatic carboxylic acids is 1. The summed E-state index contributed by atoms with van der Waals surface area (Å²) < 4.78 is 6.29. The number of nitrogens with zero attached hydrogens (tertiary/aromatic N) is 1. The quantitative estimate of drug-likeness (QED) is 0.779. The van der Waals surface area contributed by atoms with Gasteiger partial charge in [-0.05, 0) is 54.2 Å². The fraction of sp³-hybridized carbons (Fsp3) is 0.381. The standard InChI is InChI=1S/C21H21Cl2NO3/c22-17-6-5-15(9-18(17)23)19-3-1-2-14-8-13(4-7-20(14)27-19)10-24-11-16(12-24)21(25)26/h4-9,16,19H,1-3,10-12H2,(H,25,26). The second-order valence-electron chi connectivity index (χ2n) is 7.34. The molecule has 1 fully saturated rings. The summed E-state index contributed by atoms with van der Waals surface area (Å²) >= 11 is 12.2. The summed E-state index contributed by atoms with van der Waals surface area (Å²) in [4.78, 5) is 13.1. The van der Waals surface area contributed by atoms with Crippen LogP contribution in [-0.2, 0) is 17.8 Å². The van der Waals surface area contributed by atoms with Gasteiger partial charge in [-0.15, -0.1) is 0 Å². The van der Waals surface area contributed by atoms with Gasteiger partial charge in [0.15, 0.2) is 0 Å². The van der Waals surface area contributed by atoms with Gasteiger partial charge >= 0.3 is 5.97 Å². The van der Waals surface area contributed by atoms with E-state index in [9.17, 15) is 4.79 Å². The largest absolute Gasteiger partial charge is 0.485 e. The van der Waals surface area contributed by atoms with Crippen LogP contribution in [0.1, 0.15) is 35.6 Å². The molecule has 1 saturated heterocycles. The number of carbonyl (C=O) groups is 1. The van der Waals surface area contributed by atoms with Crippen LogP contribution in [0.4, 0.5) is 0 Å². The highest BCUT2D eigenvalue weighted by atomic mass is 35.5. The zero-order valence-corrected chi connectivity index (χ0v) is 16.3. The van der Waals surface area contributed by atoms with Gasteiger partial charge in [-0.25, -0.2) is 0 Å². The zero-order valence-electron chi connectivity index (χ0n) is 14.8. The lowest BCUT2D eigenvalue weighted by Gasteiger charge is -2.36. The van der Waals surface area contributed by atoms with Crippen molar-refractivity contribution < 1.29 is 14.6 Å². The van der Waals surface area contributed by atoms with Crippen molar-refractivity contribution in [3.8, 4) is 5.75 Å². The van der Waals surface area contributed by atoms with Crippen molar-refractivity contribution >= 4 is 29.2 Å². The van der Waals surface area contributed by atoms with E-state index in [-0.39, 0.29) is 12.0 Å². The van der Waals surface area contributed by atoms with Crippen LogP contribution in [0.3, 0.4) is 0 Å². The van der Waals surface area contributed by atoms with E-state index < -0.39 is 5.97 Å². The molecule has 142 valence electrons. The van der Waals surface area contributed by atoms with Crippen molar-refractivity contribution in [1.29, 1.82) is 0 Å². The molecule has 4 nitrogen and oxygen atoms in total. The molecule has 1 unspecified atom stereocenters. The monoisotopic (exact) mass is 405 g/mol. The third kappa shape index (κ3) is 4.08. The normalized spacial score (nSPS) is 20.3. The maximum atomic E-state index is 10.9. The molecule has 0 spiro atoms. The molecule has 2 aliphatic rings. The summed E-state index contributed by atoms with van der Waals surface area (Å²) in [5.74, 6) is -0.00427. The number of fused-ring (bicyclic) bond motifs is 1. The van der Waals surface area contributed by atoms with E-state index in [2.05, 4.69) is 17.0 Å². The van der Waals surface area contributed by atoms with Crippen LogP contribution in [0.25, 0.3) is 0 Å². The van der Waals surface area contributed by atoms with E-state index in [1.165, 1.54) is 11.1 Å². The van der Waals surface area contributed by atoms with Gasteiger partial charge in [-0.2, -0.15) is 0 Å². The van der Waals surface area contributed by atoms with Gasteiger partial charge in [0, 0.05) is 19.6 Å². The molecule has 27 heavy (non-hydrogen) atoms. The number of carboxylic acid groups (broad SMARTS) is 1. The number of ether oxygens (including phenoxy) is 1. The fourth-order valence-electron chi connectivity index (χ4n) is 3.79. The van der Waals surface area contributed by atoms with Gasteiger partial charge in [0.2, 0.25) is 0 Å². The summed E-state index contributed by atoms with van der Waals surface area (Å²) in [7, 11) is 0. The second kappa shape index (κ2) is 7.70. The molecule has 2 aliphatic heterocycles. The Bertz CT molecular complexity index is 865. The Hall–Kier alpha value is -1.75. The molecule has 0 bridgehead atoms. The number of aryl methyl sites for hydroxylation is 1. The number of halogens is 2. The molecule has 0 radical (unpaired) electrons. The minimum atomic E-state index is -0.699. The zero-order chi connectivity index (χ0) is 19.0. The van der Waals surface area contributed by atoms with Crippen molar-refractivity contribution in [2.24, 2.45) is 5.92 Å². The van der Waals surface area contributed by atoms with Crippen LogP contribution >= 0.6 is 23.2 Å². The van der Waals surface area contributed by atoms with E-state index in [1.54, 1.807) is 0 Å². The average Bonchev–Trinajstić information content (AvgIpc) is 2.81. The molecule has 4 rings (SSSR count). The molecule has 6 heteroatoms. The number of hydrogen-bond donors (Lipinski definition) is 1. The maximum Gasteiger partial charge on any atom is 0.309 e. The van der Waals surface area contributed by atoms with Crippen LogP contribution in [0, 0.1) is 5.92 Å². The number of benzene rings is 2. The van der Waals surface area contributed by atoms with Crippen LogP contribution in [0.5, 0.6) is 5.75 Å². The summed E-state index contributed by atoms with van der Waals surface area (Å²) in [5, 5.41) is 10.1. The Morgan fingerprint density at radius 1 is 1.15 bits per heavy atom. The molecule has 2 aromatic carbocycles. The Labute approximate surface area is 168 Å². The molecule has 0 aliphatic carbocycles. The third-order valence-electron chi connectivity index (χ3n) is 5.33. The van der Waals surface area contributed by atoms with Crippen LogP contribution < -0.4 is 4.74 Å². The number of hydrogen-bond acceptors (Lipinski definition) is 3. The van der Waals surface area contributed by atoms with E-state index in [4.69, 9.17) is 33.0 Å². The van der Waals surface area contributed by atoms with Crippen molar-refractivity contribution in [2.75, 3.05) is 13.1 Å². The van der Waals surface area contributed by atoms with Gasteiger partial charge in [0.25, 0.3) is 0 Å². The first-order valence-corrected chi connectivity index (χ1v) is 9.94. The topological polar surface area (TPSA) is 49.8 Å². The molecule has 1 N–H and O–H groups in total. The van der Waals surface area contributed by atoms with Crippen molar-refractivity contribution in [3.05, 3.63) is 63.1 Å². The highest BCUT2D eigenvalue weighted by Crippen LogP contribution is 2.36. The Balaban J connectivity index is 1.46. The minimum absolute atomic E-state index is 0.0291. The summed E-state index contributed by atoms with van der Waals surface area (Å²) in [6.07, 6.45) is 2.90. The first kappa shape index (κ1) is 18.6. The Kier molecular flexibility index (Phi) is 5.31. The molecule has 1 atom stereocenters. The van der Waals surface area contributed by atoms with Gasteiger partial charge in [-0.1, -0.05) is 41.4 Å². The van der Waals surface area contributed by atoms with Gasteiger partial charge < -0.3 is 9.84 Å². The molecule has 0 saturated carbocycles. The predicted molar refractivity (Wildman–Crippen MR) is 106 cm³/mol. The molecule has 2 heterocycles. The molecule has 0 amide bonds. The Morgan fingerprint density at radius 2 is 1.96 bits per heavy atom. The maximum absolute atomic E-state index is 10.9. The SMILES string of the molecule is O=C(O)C1CN(Cc2ccc3c(c2)CCCC(c2ccc(Cl)c(Cl)c2)O3)C1. The number of carboxylic acids is 1. The first-order chi connectivity index (χ1) is 13.0. The predicted octanol–water partition coefficient (Wildman–Crippen LogP) is 4.97. The van der Waals surface area contributed by atoms with Crippen molar-refractivity contribution in [3.63, 3.8) is 0 Å². The summed E-state index contributed by atoms with van der Waals surface area (Å²) in [6.45, 7) is 2.04. The van der Waals surface area contributed by atoms with Crippen molar-refractivity contribution in [2.45, 2.75) is 31.9 Å². The van der Waals surface area contributed by atoms with E-state index in [0.29, 0.717) is 23.1 Å². The molecular formula is C21H21Cl2NO3. The number of rotatable bonds is 4. The third-order valence-corrected chi connectivity index (χ3v) is 6.07. The van der Waals surface area contributed by atoms with Gasteiger partial charge in [0.1, 0.15) is 11.9 Å². The molecule has 0 aromatic heterocycles. The lowest BCUT2D eigenvalue weighted by molar-refractivity contribution is -0.147. The van der Waals surface area contributed by atoms with Crippen LogP contribution in [-0.4, -0.2) is 29.1 Å². The lowest BCUT2D eigenvalue weighted by Crippen LogP contribution is -2.49. The smallest absolute Gasteiger partial charge is 0.309 e. The minimum Gasteiger partial charge on any atom is -0.485 e. The van der Waals surface area contributed by atoms with Crippen LogP contribution in [0.2, 0.25) is 10.0 Å². The van der Waals surface area contributed by atoms with Gasteiger partial charge in [0.05, 0.1) is 16.0 Å².